The molecule has 0 radical (unpaired) electrons. The molecule has 20 heavy (non-hydrogen) atoms. The van der Waals surface area contributed by atoms with E-state index in [1.54, 1.807) is 29.7 Å². The molecule has 0 bridgehead atoms. The standard InChI is InChI=1S/C11H14N4O3S2/c1-13-9-8(10(16)14(2)11(13)17)15(6-12-9)5-7-19-3-4-20(7)18/h6-7H,3-5H2,1-2H3/t7-,20?/m0/s1. The minimum absolute atomic E-state index is 0.0191. The van der Waals surface area contributed by atoms with E-state index >= 15 is 0 Å². The fourth-order valence-electron chi connectivity index (χ4n) is 2.30. The van der Waals surface area contributed by atoms with E-state index in [-0.39, 0.29) is 10.1 Å². The van der Waals surface area contributed by atoms with Gasteiger partial charge in [-0.3, -0.25) is 18.1 Å². The molecule has 0 aromatic carbocycles. The Bertz CT molecular complexity index is 819. The summed E-state index contributed by atoms with van der Waals surface area (Å²) in [6.07, 6.45) is 1.54. The lowest BCUT2D eigenvalue weighted by molar-refractivity contribution is 0.671. The summed E-state index contributed by atoms with van der Waals surface area (Å²) >= 11 is 1.65. The number of aromatic nitrogens is 4. The maximum Gasteiger partial charge on any atom is 0.332 e. The second kappa shape index (κ2) is 4.88. The van der Waals surface area contributed by atoms with E-state index in [1.165, 1.54) is 11.6 Å². The van der Waals surface area contributed by atoms with Crippen LogP contribution in [0.15, 0.2) is 15.9 Å². The average Bonchev–Trinajstić information content (AvgIpc) is 3.02. The van der Waals surface area contributed by atoms with Crippen LogP contribution in [0, 0.1) is 0 Å². The first-order chi connectivity index (χ1) is 9.50. The molecule has 1 fully saturated rings. The molecule has 0 spiro atoms. The van der Waals surface area contributed by atoms with Gasteiger partial charge in [0, 0.05) is 42.9 Å². The van der Waals surface area contributed by atoms with Crippen LogP contribution in [0.1, 0.15) is 0 Å². The number of hydrogen-bond acceptors (Lipinski definition) is 5. The van der Waals surface area contributed by atoms with Crippen LogP contribution < -0.4 is 11.2 Å². The number of nitrogens with zero attached hydrogens (tertiary/aromatic N) is 4. The van der Waals surface area contributed by atoms with Gasteiger partial charge in [0.05, 0.1) is 10.9 Å². The van der Waals surface area contributed by atoms with E-state index in [1.807, 2.05) is 0 Å². The Hall–Kier alpha value is -1.35. The summed E-state index contributed by atoms with van der Waals surface area (Å²) in [5.74, 6) is 1.57. The summed E-state index contributed by atoms with van der Waals surface area (Å²) in [4.78, 5) is 28.2. The van der Waals surface area contributed by atoms with Gasteiger partial charge in [0.1, 0.15) is 0 Å². The second-order valence-corrected chi connectivity index (χ2v) is 8.01. The summed E-state index contributed by atoms with van der Waals surface area (Å²) in [5, 5.41) is 0. The van der Waals surface area contributed by atoms with Crippen LogP contribution in [0.3, 0.4) is 0 Å². The molecule has 3 heterocycles. The zero-order valence-electron chi connectivity index (χ0n) is 11.1. The van der Waals surface area contributed by atoms with Crippen molar-refractivity contribution in [1.82, 2.24) is 18.7 Å². The molecule has 0 amide bonds. The third-order valence-electron chi connectivity index (χ3n) is 3.44. The van der Waals surface area contributed by atoms with Gasteiger partial charge in [0.2, 0.25) is 0 Å². The molecule has 2 aromatic heterocycles. The summed E-state index contributed by atoms with van der Waals surface area (Å²) in [5.41, 5.74) is -0.00748. The van der Waals surface area contributed by atoms with E-state index in [2.05, 4.69) is 4.98 Å². The zero-order valence-corrected chi connectivity index (χ0v) is 12.7. The molecule has 3 rings (SSSR count). The minimum atomic E-state index is -0.873. The van der Waals surface area contributed by atoms with Crippen LogP contribution in [0.2, 0.25) is 0 Å². The van der Waals surface area contributed by atoms with Crippen molar-refractivity contribution in [1.29, 1.82) is 0 Å². The lowest BCUT2D eigenvalue weighted by Crippen LogP contribution is -2.37. The molecule has 0 N–H and O–H groups in total. The van der Waals surface area contributed by atoms with Crippen molar-refractivity contribution in [3.63, 3.8) is 0 Å². The van der Waals surface area contributed by atoms with Crippen LogP contribution in [0.4, 0.5) is 0 Å². The summed E-state index contributed by atoms with van der Waals surface area (Å²) < 4.78 is 15.9. The average molecular weight is 314 g/mol. The van der Waals surface area contributed by atoms with Crippen molar-refractivity contribution >= 4 is 33.7 Å². The normalized spacial score (nSPS) is 22.7. The van der Waals surface area contributed by atoms with E-state index < -0.39 is 16.5 Å². The van der Waals surface area contributed by atoms with Gasteiger partial charge in [-0.25, -0.2) is 9.78 Å². The third-order valence-corrected chi connectivity index (χ3v) is 7.06. The van der Waals surface area contributed by atoms with Crippen molar-refractivity contribution in [2.45, 2.75) is 11.1 Å². The smallest absolute Gasteiger partial charge is 0.323 e. The van der Waals surface area contributed by atoms with Crippen LogP contribution in [-0.4, -0.2) is 39.0 Å². The number of fused-ring (bicyclic) bond motifs is 1. The Morgan fingerprint density at radius 1 is 1.40 bits per heavy atom. The Morgan fingerprint density at radius 2 is 2.15 bits per heavy atom. The molecule has 1 aliphatic rings. The van der Waals surface area contributed by atoms with Crippen molar-refractivity contribution in [2.75, 3.05) is 11.5 Å². The van der Waals surface area contributed by atoms with Gasteiger partial charge in [-0.1, -0.05) is 0 Å². The van der Waals surface area contributed by atoms with E-state index in [0.29, 0.717) is 23.5 Å². The predicted octanol–water partition coefficient (Wildman–Crippen LogP) is -0.745. The van der Waals surface area contributed by atoms with Gasteiger partial charge in [0.15, 0.2) is 11.2 Å². The molecular formula is C11H14N4O3S2. The highest BCUT2D eigenvalue weighted by atomic mass is 32.2. The number of thioether (sulfide) groups is 1. The molecule has 1 unspecified atom stereocenters. The number of imidazole rings is 1. The van der Waals surface area contributed by atoms with Crippen molar-refractivity contribution in [2.24, 2.45) is 14.1 Å². The lowest BCUT2D eigenvalue weighted by Gasteiger charge is -2.10. The van der Waals surface area contributed by atoms with Crippen LogP contribution in [0.25, 0.3) is 11.2 Å². The molecule has 0 saturated carbocycles. The summed E-state index contributed by atoms with van der Waals surface area (Å²) in [6, 6.07) is 0. The molecule has 108 valence electrons. The Balaban J connectivity index is 2.16. The number of rotatable bonds is 2. The maximum atomic E-state index is 12.2. The molecule has 9 heteroatoms. The second-order valence-electron chi connectivity index (χ2n) is 4.66. The lowest BCUT2D eigenvalue weighted by atomic mass is 10.5. The first kappa shape index (κ1) is 13.6. The van der Waals surface area contributed by atoms with Gasteiger partial charge in [0.25, 0.3) is 5.56 Å². The Morgan fingerprint density at radius 3 is 2.80 bits per heavy atom. The quantitative estimate of drug-likeness (QED) is 0.729. The minimum Gasteiger partial charge on any atom is -0.323 e. The van der Waals surface area contributed by atoms with E-state index in [9.17, 15) is 13.8 Å². The van der Waals surface area contributed by atoms with Crippen molar-refractivity contribution in [3.8, 4) is 0 Å². The topological polar surface area (TPSA) is 78.9 Å². The van der Waals surface area contributed by atoms with Crippen LogP contribution in [0.5, 0.6) is 0 Å². The molecule has 7 nitrogen and oxygen atoms in total. The highest BCUT2D eigenvalue weighted by molar-refractivity contribution is 8.14. The van der Waals surface area contributed by atoms with E-state index in [4.69, 9.17) is 0 Å². The van der Waals surface area contributed by atoms with Crippen molar-refractivity contribution in [3.05, 3.63) is 27.2 Å². The van der Waals surface area contributed by atoms with Gasteiger partial charge in [-0.15, -0.1) is 11.8 Å². The highest BCUT2D eigenvalue weighted by Gasteiger charge is 2.25. The highest BCUT2D eigenvalue weighted by Crippen LogP contribution is 2.25. The van der Waals surface area contributed by atoms with E-state index in [0.717, 1.165) is 10.3 Å². The Labute approximate surface area is 121 Å². The summed E-state index contributed by atoms with van der Waals surface area (Å²) in [6.45, 7) is 0.473. The van der Waals surface area contributed by atoms with Gasteiger partial charge in [-0.05, 0) is 0 Å². The molecule has 1 saturated heterocycles. The third kappa shape index (κ3) is 1.96. The molecular weight excluding hydrogens is 300 g/mol. The molecule has 0 aliphatic carbocycles. The van der Waals surface area contributed by atoms with Gasteiger partial charge >= 0.3 is 5.69 Å². The molecule has 1 aliphatic heterocycles. The Kier molecular flexibility index (Phi) is 3.33. The first-order valence-corrected chi connectivity index (χ1v) is 8.53. The predicted molar refractivity (Wildman–Crippen MR) is 79.5 cm³/mol. The summed E-state index contributed by atoms with van der Waals surface area (Å²) in [7, 11) is 2.16. The fraction of sp³-hybridized carbons (Fsp3) is 0.545. The molecule has 2 atom stereocenters. The first-order valence-electron chi connectivity index (χ1n) is 6.10. The fourth-order valence-corrected chi connectivity index (χ4v) is 5.65. The number of hydrogen-bond donors (Lipinski definition) is 0. The maximum absolute atomic E-state index is 12.2. The van der Waals surface area contributed by atoms with Gasteiger partial charge < -0.3 is 4.57 Å². The SMILES string of the molecule is Cn1c(=O)c2c(ncn2C[C@H]2SCCS2=O)n(C)c1=O. The van der Waals surface area contributed by atoms with Crippen LogP contribution in [-0.2, 0) is 31.4 Å². The zero-order chi connectivity index (χ0) is 14.4. The van der Waals surface area contributed by atoms with Gasteiger partial charge in [-0.2, -0.15) is 0 Å². The van der Waals surface area contributed by atoms with Crippen LogP contribution >= 0.6 is 11.8 Å². The van der Waals surface area contributed by atoms with Crippen molar-refractivity contribution < 1.29 is 4.21 Å². The monoisotopic (exact) mass is 314 g/mol. The number of aryl methyl sites for hydroxylation is 1. The molecule has 2 aromatic rings. The largest absolute Gasteiger partial charge is 0.332 e.